The highest BCUT2D eigenvalue weighted by atomic mass is 32.2. The predicted octanol–water partition coefficient (Wildman–Crippen LogP) is 0.656. The fourth-order valence-corrected chi connectivity index (χ4v) is 5.09. The molecule has 0 spiro atoms. The van der Waals surface area contributed by atoms with Crippen LogP contribution >= 0.6 is 0 Å². The van der Waals surface area contributed by atoms with Gasteiger partial charge in [-0.05, 0) is 12.1 Å². The molecule has 0 bridgehead atoms. The van der Waals surface area contributed by atoms with Gasteiger partial charge >= 0.3 is 0 Å². The SMILES string of the molecule is CS(=O)(=O)N1CCN(C(=O)c2cn3cc(-c4cccc(O)c4)nc(N4CCOCC4)c3n2)CC1. The van der Waals surface area contributed by atoms with Crippen LogP contribution in [0.5, 0.6) is 5.75 Å². The minimum atomic E-state index is -3.28. The zero-order valence-electron chi connectivity index (χ0n) is 18.8. The number of aromatic hydroxyl groups is 1. The summed E-state index contributed by atoms with van der Waals surface area (Å²) in [5, 5.41) is 9.93. The Labute approximate surface area is 197 Å². The molecule has 0 aliphatic carbocycles. The Bertz CT molecular complexity index is 1330. The molecule has 0 radical (unpaired) electrons. The van der Waals surface area contributed by atoms with Crippen molar-refractivity contribution >= 4 is 27.4 Å². The highest BCUT2D eigenvalue weighted by molar-refractivity contribution is 7.88. The van der Waals surface area contributed by atoms with Crippen LogP contribution < -0.4 is 4.90 Å². The first kappa shape index (κ1) is 22.6. The molecular weight excluding hydrogens is 460 g/mol. The quantitative estimate of drug-likeness (QED) is 0.571. The van der Waals surface area contributed by atoms with Crippen LogP contribution in [0, 0.1) is 0 Å². The number of ether oxygens (including phenoxy) is 1. The maximum atomic E-state index is 13.2. The number of rotatable bonds is 4. The van der Waals surface area contributed by atoms with Crippen LogP contribution in [0.15, 0.2) is 36.7 Å². The van der Waals surface area contributed by atoms with E-state index >= 15 is 0 Å². The number of sulfonamides is 1. The van der Waals surface area contributed by atoms with Crippen LogP contribution in [-0.4, -0.2) is 102 Å². The van der Waals surface area contributed by atoms with E-state index in [1.165, 1.54) is 10.6 Å². The number of amides is 1. The van der Waals surface area contributed by atoms with Crippen molar-refractivity contribution in [3.63, 3.8) is 0 Å². The fourth-order valence-electron chi connectivity index (χ4n) is 4.26. The van der Waals surface area contributed by atoms with Crippen molar-refractivity contribution in [2.24, 2.45) is 0 Å². The van der Waals surface area contributed by atoms with Gasteiger partial charge in [-0.15, -0.1) is 0 Å². The number of morpholine rings is 1. The molecule has 2 aliphatic heterocycles. The van der Waals surface area contributed by atoms with Gasteiger partial charge in [-0.3, -0.25) is 4.79 Å². The summed E-state index contributed by atoms with van der Waals surface area (Å²) in [4.78, 5) is 26.4. The van der Waals surface area contributed by atoms with E-state index in [0.717, 1.165) is 5.56 Å². The number of nitrogens with zero attached hydrogens (tertiary/aromatic N) is 6. The van der Waals surface area contributed by atoms with Crippen molar-refractivity contribution in [1.82, 2.24) is 23.6 Å². The lowest BCUT2D eigenvalue weighted by molar-refractivity contribution is 0.0693. The summed E-state index contributed by atoms with van der Waals surface area (Å²) in [7, 11) is -3.28. The summed E-state index contributed by atoms with van der Waals surface area (Å²) in [6.07, 6.45) is 4.65. The predicted molar refractivity (Wildman–Crippen MR) is 125 cm³/mol. The number of imidazole rings is 1. The van der Waals surface area contributed by atoms with Crippen LogP contribution in [0.25, 0.3) is 16.9 Å². The minimum Gasteiger partial charge on any atom is -0.508 e. The van der Waals surface area contributed by atoms with E-state index in [1.807, 2.05) is 6.07 Å². The molecule has 0 saturated carbocycles. The lowest BCUT2D eigenvalue weighted by Crippen LogP contribution is -2.50. The third kappa shape index (κ3) is 4.43. The Kier molecular flexibility index (Phi) is 5.88. The van der Waals surface area contributed by atoms with Crippen LogP contribution in [0.1, 0.15) is 10.5 Å². The average molecular weight is 487 g/mol. The number of carbonyl (C=O) groups is 1. The van der Waals surface area contributed by atoms with E-state index in [2.05, 4.69) is 9.88 Å². The Hall–Kier alpha value is -3.22. The molecular formula is C22H26N6O5S. The number of hydrogen-bond acceptors (Lipinski definition) is 8. The van der Waals surface area contributed by atoms with Gasteiger partial charge in [0, 0.05) is 57.2 Å². The normalized spacial score (nSPS) is 17.9. The van der Waals surface area contributed by atoms with Crippen LogP contribution in [0.3, 0.4) is 0 Å². The maximum Gasteiger partial charge on any atom is 0.274 e. The van der Waals surface area contributed by atoms with Crippen LogP contribution in [-0.2, 0) is 14.8 Å². The Morgan fingerprint density at radius 1 is 1.03 bits per heavy atom. The second-order valence-electron chi connectivity index (χ2n) is 8.41. The van der Waals surface area contributed by atoms with Crippen molar-refractivity contribution < 1.29 is 23.1 Å². The number of fused-ring (bicyclic) bond motifs is 1. The molecule has 12 heteroatoms. The van der Waals surface area contributed by atoms with E-state index in [-0.39, 0.29) is 30.4 Å². The van der Waals surface area contributed by atoms with Gasteiger partial charge in [-0.1, -0.05) is 12.1 Å². The van der Waals surface area contributed by atoms with Crippen LogP contribution in [0.4, 0.5) is 5.82 Å². The first-order valence-corrected chi connectivity index (χ1v) is 12.9. The topological polar surface area (TPSA) is 121 Å². The molecule has 2 saturated heterocycles. The van der Waals surface area contributed by atoms with Crippen molar-refractivity contribution in [2.75, 3.05) is 63.6 Å². The van der Waals surface area contributed by atoms with Gasteiger partial charge in [0.2, 0.25) is 10.0 Å². The number of phenols is 1. The van der Waals surface area contributed by atoms with Crippen molar-refractivity contribution in [1.29, 1.82) is 0 Å². The lowest BCUT2D eigenvalue weighted by atomic mass is 10.1. The monoisotopic (exact) mass is 486 g/mol. The summed E-state index contributed by atoms with van der Waals surface area (Å²) in [6, 6.07) is 6.86. The first-order valence-electron chi connectivity index (χ1n) is 11.1. The zero-order chi connectivity index (χ0) is 23.9. The third-order valence-electron chi connectivity index (χ3n) is 6.09. The first-order chi connectivity index (χ1) is 16.3. The Balaban J connectivity index is 1.50. The van der Waals surface area contributed by atoms with E-state index in [4.69, 9.17) is 9.72 Å². The largest absolute Gasteiger partial charge is 0.508 e. The molecule has 4 heterocycles. The molecule has 3 aromatic rings. The molecule has 2 fully saturated rings. The standard InChI is InChI=1S/C22H26N6O5S/c1-34(31,32)28-7-5-26(6-8-28)22(30)19-15-27-14-18(16-3-2-4-17(29)13-16)23-20(21(27)24-19)25-9-11-33-12-10-25/h2-4,13-15,29H,5-12H2,1H3. The number of hydrogen-bond donors (Lipinski definition) is 1. The average Bonchev–Trinajstić information content (AvgIpc) is 3.27. The summed E-state index contributed by atoms with van der Waals surface area (Å²) in [5.74, 6) is 0.538. The smallest absolute Gasteiger partial charge is 0.274 e. The molecule has 1 aromatic carbocycles. The van der Waals surface area contributed by atoms with Gasteiger partial charge < -0.3 is 24.0 Å². The van der Waals surface area contributed by atoms with Crippen molar-refractivity contribution in [3.05, 3.63) is 42.4 Å². The highest BCUT2D eigenvalue weighted by Crippen LogP contribution is 2.28. The maximum absolute atomic E-state index is 13.2. The number of aromatic nitrogens is 3. The van der Waals surface area contributed by atoms with E-state index in [1.54, 1.807) is 39.9 Å². The molecule has 180 valence electrons. The van der Waals surface area contributed by atoms with E-state index in [0.29, 0.717) is 56.6 Å². The molecule has 1 amide bonds. The number of phenolic OH excluding ortho intramolecular Hbond substituents is 1. The second-order valence-corrected chi connectivity index (χ2v) is 10.4. The molecule has 11 nitrogen and oxygen atoms in total. The van der Waals surface area contributed by atoms with Crippen LogP contribution in [0.2, 0.25) is 0 Å². The van der Waals surface area contributed by atoms with Gasteiger partial charge in [0.1, 0.15) is 11.4 Å². The molecule has 34 heavy (non-hydrogen) atoms. The molecule has 1 N–H and O–H groups in total. The van der Waals surface area contributed by atoms with Gasteiger partial charge in [0.15, 0.2) is 11.5 Å². The number of carbonyl (C=O) groups excluding carboxylic acids is 1. The molecule has 0 unspecified atom stereocenters. The minimum absolute atomic E-state index is 0.141. The summed E-state index contributed by atoms with van der Waals surface area (Å²) < 4.78 is 32.2. The summed E-state index contributed by atoms with van der Waals surface area (Å²) in [6.45, 7) is 3.58. The van der Waals surface area contributed by atoms with Gasteiger partial charge in [-0.2, -0.15) is 4.31 Å². The van der Waals surface area contributed by atoms with E-state index < -0.39 is 10.0 Å². The summed E-state index contributed by atoms with van der Waals surface area (Å²) >= 11 is 0. The van der Waals surface area contributed by atoms with Gasteiger partial charge in [-0.25, -0.2) is 18.4 Å². The Morgan fingerprint density at radius 3 is 2.44 bits per heavy atom. The van der Waals surface area contributed by atoms with Gasteiger partial charge in [0.05, 0.1) is 25.2 Å². The number of anilines is 1. The fraction of sp³-hybridized carbons (Fsp3) is 0.409. The second kappa shape index (κ2) is 8.85. The number of piperazine rings is 1. The Morgan fingerprint density at radius 2 is 1.76 bits per heavy atom. The molecule has 0 atom stereocenters. The molecule has 5 rings (SSSR count). The lowest BCUT2D eigenvalue weighted by Gasteiger charge is -2.32. The third-order valence-corrected chi connectivity index (χ3v) is 7.39. The van der Waals surface area contributed by atoms with Gasteiger partial charge in [0.25, 0.3) is 5.91 Å². The number of benzene rings is 1. The van der Waals surface area contributed by atoms with E-state index in [9.17, 15) is 18.3 Å². The van der Waals surface area contributed by atoms with Crippen molar-refractivity contribution in [3.8, 4) is 17.0 Å². The van der Waals surface area contributed by atoms with Crippen molar-refractivity contribution in [2.45, 2.75) is 0 Å². The highest BCUT2D eigenvalue weighted by Gasteiger charge is 2.28. The zero-order valence-corrected chi connectivity index (χ0v) is 19.6. The summed E-state index contributed by atoms with van der Waals surface area (Å²) in [5.41, 5.74) is 2.22. The molecule has 2 aliphatic rings. The molecule has 2 aromatic heterocycles.